The van der Waals surface area contributed by atoms with Gasteiger partial charge in [-0.3, -0.25) is 0 Å². The summed E-state index contributed by atoms with van der Waals surface area (Å²) in [7, 11) is -3.90. The topological polar surface area (TPSA) is 123 Å². The van der Waals surface area contributed by atoms with Crippen molar-refractivity contribution in [1.29, 1.82) is 0 Å². The molecule has 0 aliphatic carbocycles. The first kappa shape index (κ1) is 15.2. The van der Waals surface area contributed by atoms with E-state index in [0.29, 0.717) is 12.8 Å². The van der Waals surface area contributed by atoms with Crippen LogP contribution in [0.2, 0.25) is 0 Å². The predicted octanol–water partition coefficient (Wildman–Crippen LogP) is 0.826. The third-order valence-corrected chi connectivity index (χ3v) is 5.02. The Balaban J connectivity index is 2.35. The summed E-state index contributed by atoms with van der Waals surface area (Å²) < 4.78 is 26.1. The van der Waals surface area contributed by atoms with Gasteiger partial charge in [0.25, 0.3) is 0 Å². The molecule has 10 heteroatoms. The smallest absolute Gasteiger partial charge is 0.358 e. The molecule has 1 unspecified atom stereocenters. The summed E-state index contributed by atoms with van der Waals surface area (Å²) in [5.74, 6) is -0.435. The Morgan fingerprint density at radius 3 is 2.76 bits per heavy atom. The Hall–Kier alpha value is -2.16. The molecule has 1 aromatic heterocycles. The zero-order chi connectivity index (χ0) is 15.5. The third kappa shape index (κ3) is 3.13. The molecular weight excluding hydrogens is 300 g/mol. The second-order valence-corrected chi connectivity index (χ2v) is 6.31. The lowest BCUT2D eigenvalue weighted by atomic mass is 10.1. The number of sulfonamides is 1. The van der Waals surface area contributed by atoms with Crippen molar-refractivity contribution in [2.45, 2.75) is 30.3 Å². The Morgan fingerprint density at radius 2 is 2.19 bits per heavy atom. The molecule has 0 radical (unpaired) electrons. The predicted molar refractivity (Wildman–Crippen MR) is 70.5 cm³/mol. The number of hydrogen-bond acceptors (Lipinski definition) is 7. The summed E-state index contributed by atoms with van der Waals surface area (Å²) in [6.45, 7) is 0.231. The number of aliphatic imine (C=N–C) groups is 1. The molecule has 0 N–H and O–H groups in total. The van der Waals surface area contributed by atoms with E-state index < -0.39 is 26.9 Å². The van der Waals surface area contributed by atoms with Crippen molar-refractivity contribution in [2.75, 3.05) is 6.54 Å². The van der Waals surface area contributed by atoms with Crippen molar-refractivity contribution in [2.24, 2.45) is 4.99 Å². The molecule has 1 fully saturated rings. The van der Waals surface area contributed by atoms with Crippen LogP contribution in [0.1, 0.15) is 19.3 Å². The van der Waals surface area contributed by atoms with Gasteiger partial charge in [-0.1, -0.05) is 0 Å². The molecule has 2 heterocycles. The van der Waals surface area contributed by atoms with E-state index in [2.05, 4.69) is 9.98 Å². The van der Waals surface area contributed by atoms with Crippen LogP contribution in [0.5, 0.6) is 0 Å². The van der Waals surface area contributed by atoms with Crippen molar-refractivity contribution in [3.8, 4) is 0 Å². The minimum absolute atomic E-state index is 0.166. The van der Waals surface area contributed by atoms with Crippen LogP contribution < -0.4 is 0 Å². The van der Waals surface area contributed by atoms with Gasteiger partial charge in [-0.05, 0) is 35.2 Å². The number of piperidine rings is 1. The largest absolute Gasteiger partial charge is 0.363 e. The first-order chi connectivity index (χ1) is 9.96. The minimum atomic E-state index is -3.90. The highest BCUT2D eigenvalue weighted by Crippen LogP contribution is 2.26. The summed E-state index contributed by atoms with van der Waals surface area (Å²) in [6.07, 6.45) is 3.39. The van der Waals surface area contributed by atoms with Crippen LogP contribution in [-0.2, 0) is 14.8 Å². The third-order valence-electron chi connectivity index (χ3n) is 3.14. The molecule has 0 amide bonds. The van der Waals surface area contributed by atoms with E-state index in [0.717, 1.165) is 29.1 Å². The van der Waals surface area contributed by atoms with Crippen molar-refractivity contribution in [1.82, 2.24) is 9.29 Å². The molecule has 9 nitrogen and oxygen atoms in total. The Labute approximate surface area is 120 Å². The average Bonchev–Trinajstić information content (AvgIpc) is 2.48. The van der Waals surface area contributed by atoms with Gasteiger partial charge in [0.15, 0.2) is 6.20 Å². The van der Waals surface area contributed by atoms with Crippen LogP contribution in [0.25, 0.3) is 0 Å². The van der Waals surface area contributed by atoms with Gasteiger partial charge in [-0.25, -0.2) is 13.2 Å². The molecule has 1 aliphatic rings. The van der Waals surface area contributed by atoms with E-state index in [-0.39, 0.29) is 11.4 Å². The van der Waals surface area contributed by atoms with Crippen molar-refractivity contribution < 1.29 is 18.1 Å². The van der Waals surface area contributed by atoms with Gasteiger partial charge >= 0.3 is 5.82 Å². The van der Waals surface area contributed by atoms with E-state index in [1.165, 1.54) is 6.08 Å². The lowest BCUT2D eigenvalue weighted by Gasteiger charge is -2.30. The van der Waals surface area contributed by atoms with Crippen molar-refractivity contribution in [3.05, 3.63) is 28.4 Å². The number of isocyanates is 1. The van der Waals surface area contributed by atoms with Crippen LogP contribution >= 0.6 is 0 Å². The fourth-order valence-corrected chi connectivity index (χ4v) is 3.67. The van der Waals surface area contributed by atoms with Crippen LogP contribution in [0.4, 0.5) is 5.82 Å². The highest BCUT2D eigenvalue weighted by molar-refractivity contribution is 7.89. The first-order valence-corrected chi connectivity index (χ1v) is 7.60. The maximum atomic E-state index is 12.5. The van der Waals surface area contributed by atoms with Crippen LogP contribution in [0, 0.1) is 10.1 Å². The number of carbonyl (C=O) groups excluding carboxylic acids is 1. The second-order valence-electron chi connectivity index (χ2n) is 4.42. The van der Waals surface area contributed by atoms with Crippen molar-refractivity contribution >= 4 is 21.9 Å². The monoisotopic (exact) mass is 312 g/mol. The maximum absolute atomic E-state index is 12.5. The Bertz CT molecular complexity index is 681. The number of hydrogen-bond donors (Lipinski definition) is 0. The minimum Gasteiger partial charge on any atom is -0.358 e. The second kappa shape index (κ2) is 6.08. The van der Waals surface area contributed by atoms with E-state index in [9.17, 15) is 23.3 Å². The molecule has 2 rings (SSSR count). The Kier molecular flexibility index (Phi) is 4.41. The van der Waals surface area contributed by atoms with Gasteiger partial charge in [0, 0.05) is 12.6 Å². The van der Waals surface area contributed by atoms with Crippen LogP contribution in [0.15, 0.2) is 28.2 Å². The van der Waals surface area contributed by atoms with Crippen LogP contribution in [0.3, 0.4) is 0 Å². The van der Waals surface area contributed by atoms with Crippen LogP contribution in [-0.4, -0.2) is 41.4 Å². The molecule has 0 saturated carbocycles. The average molecular weight is 312 g/mol. The van der Waals surface area contributed by atoms with E-state index in [4.69, 9.17) is 0 Å². The van der Waals surface area contributed by atoms with E-state index in [1.54, 1.807) is 0 Å². The summed E-state index contributed by atoms with van der Waals surface area (Å²) in [4.78, 5) is 27.1. The standard InChI is InChI=1S/C11H12N4O5S/c16-8-13-10-3-1-2-6-14(10)21(19,20)9-4-5-11(12-7-9)15(17)18/h4-5,7,10H,1-3,6H2. The highest BCUT2D eigenvalue weighted by Gasteiger charge is 2.34. The van der Waals surface area contributed by atoms with E-state index in [1.807, 2.05) is 0 Å². The lowest BCUT2D eigenvalue weighted by molar-refractivity contribution is -0.389. The summed E-state index contributed by atoms with van der Waals surface area (Å²) in [6, 6.07) is 2.14. The van der Waals surface area contributed by atoms with Gasteiger partial charge in [0.2, 0.25) is 16.1 Å². The summed E-state index contributed by atoms with van der Waals surface area (Å²) >= 11 is 0. The number of pyridine rings is 1. The molecule has 21 heavy (non-hydrogen) atoms. The number of rotatable bonds is 4. The Morgan fingerprint density at radius 1 is 1.43 bits per heavy atom. The fourth-order valence-electron chi connectivity index (χ4n) is 2.13. The zero-order valence-corrected chi connectivity index (χ0v) is 11.7. The van der Waals surface area contributed by atoms with E-state index >= 15 is 0 Å². The zero-order valence-electron chi connectivity index (χ0n) is 10.9. The van der Waals surface area contributed by atoms with Gasteiger partial charge in [0.1, 0.15) is 11.1 Å². The number of nitrogens with zero attached hydrogens (tertiary/aromatic N) is 4. The SMILES string of the molecule is O=C=NC1CCCCN1S(=O)(=O)c1ccc([N+](=O)[O-])nc1. The van der Waals surface area contributed by atoms with Gasteiger partial charge < -0.3 is 10.1 Å². The molecular formula is C11H12N4O5S. The molecule has 1 atom stereocenters. The van der Waals surface area contributed by atoms with Gasteiger partial charge in [-0.2, -0.15) is 9.30 Å². The first-order valence-electron chi connectivity index (χ1n) is 6.16. The molecule has 1 aromatic rings. The molecule has 1 saturated heterocycles. The van der Waals surface area contributed by atoms with Gasteiger partial charge in [-0.15, -0.1) is 0 Å². The summed E-state index contributed by atoms with van der Waals surface area (Å²) in [5.41, 5.74) is 0. The highest BCUT2D eigenvalue weighted by atomic mass is 32.2. The number of aromatic nitrogens is 1. The normalized spacial score (nSPS) is 19.7. The maximum Gasteiger partial charge on any atom is 0.363 e. The molecule has 112 valence electrons. The molecule has 0 spiro atoms. The van der Waals surface area contributed by atoms with Gasteiger partial charge in [0.05, 0.1) is 0 Å². The molecule has 0 aromatic carbocycles. The fraction of sp³-hybridized carbons (Fsp3) is 0.455. The number of nitro groups is 1. The molecule has 1 aliphatic heterocycles. The quantitative estimate of drug-likeness (QED) is 0.351. The molecule has 0 bridgehead atoms. The summed E-state index contributed by atoms with van der Waals surface area (Å²) in [5, 5.41) is 10.5. The van der Waals surface area contributed by atoms with Crippen molar-refractivity contribution in [3.63, 3.8) is 0 Å². The lowest BCUT2D eigenvalue weighted by Crippen LogP contribution is -2.42.